The Labute approximate surface area is 96.0 Å². The van der Waals surface area contributed by atoms with Crippen LogP contribution in [0.1, 0.15) is 13.3 Å². The first-order valence-corrected chi connectivity index (χ1v) is 4.80. The van der Waals surface area contributed by atoms with Gasteiger partial charge in [-0.05, 0) is 0 Å². The first kappa shape index (κ1) is 12.3. The lowest BCUT2D eigenvalue weighted by atomic mass is 10.2. The molecule has 0 saturated carbocycles. The molecule has 7 heteroatoms. The van der Waals surface area contributed by atoms with Crippen molar-refractivity contribution in [3.63, 3.8) is 0 Å². The molecule has 6 nitrogen and oxygen atoms in total. The maximum Gasteiger partial charge on any atom is 0.273 e. The lowest BCUT2D eigenvalue weighted by Gasteiger charge is -2.07. The average molecular weight is 245 g/mol. The van der Waals surface area contributed by atoms with Crippen molar-refractivity contribution >= 4 is 28.9 Å². The molecule has 0 radical (unpaired) electrons. The van der Waals surface area contributed by atoms with Crippen LogP contribution in [-0.4, -0.2) is 15.9 Å². The molecule has 1 aromatic rings. The number of benzene rings is 1. The minimum absolute atomic E-state index is 0.0638. The van der Waals surface area contributed by atoms with Crippen molar-refractivity contribution < 1.29 is 14.8 Å². The van der Waals surface area contributed by atoms with Crippen molar-refractivity contribution in [3.8, 4) is 5.75 Å². The van der Waals surface area contributed by atoms with Crippen LogP contribution in [0, 0.1) is 10.1 Å². The summed E-state index contributed by atoms with van der Waals surface area (Å²) in [5.74, 6) is -0.749. The summed E-state index contributed by atoms with van der Waals surface area (Å²) in [5, 5.41) is 22.1. The van der Waals surface area contributed by atoms with E-state index in [1.807, 2.05) is 0 Å². The van der Waals surface area contributed by atoms with Crippen molar-refractivity contribution in [2.24, 2.45) is 0 Å². The fourth-order valence-electron chi connectivity index (χ4n) is 1.02. The molecule has 0 heterocycles. The van der Waals surface area contributed by atoms with Gasteiger partial charge in [0.15, 0.2) is 5.75 Å². The minimum Gasteiger partial charge on any atom is -0.504 e. The quantitative estimate of drug-likeness (QED) is 0.485. The second-order valence-electron chi connectivity index (χ2n) is 2.98. The number of non-ortho nitro benzene ring substituents is 1. The summed E-state index contributed by atoms with van der Waals surface area (Å²) in [6, 6.07) is 2.06. The number of aromatic hydroxyl groups is 1. The summed E-state index contributed by atoms with van der Waals surface area (Å²) in [6.45, 7) is 1.62. The second kappa shape index (κ2) is 4.80. The number of hydrogen-bond donors (Lipinski definition) is 2. The Hall–Kier alpha value is -1.82. The maximum absolute atomic E-state index is 11.1. The van der Waals surface area contributed by atoms with Crippen LogP contribution in [-0.2, 0) is 4.79 Å². The molecular formula is C9H9ClN2O4. The third-order valence-corrected chi connectivity index (χ3v) is 2.14. The highest BCUT2D eigenvalue weighted by Gasteiger charge is 2.16. The smallest absolute Gasteiger partial charge is 0.273 e. The second-order valence-corrected chi connectivity index (χ2v) is 3.39. The molecule has 0 aliphatic rings. The first-order chi connectivity index (χ1) is 7.45. The fraction of sp³-hybridized carbons (Fsp3) is 0.222. The van der Waals surface area contributed by atoms with Crippen LogP contribution in [0.25, 0.3) is 0 Å². The van der Waals surface area contributed by atoms with Gasteiger partial charge in [0.1, 0.15) is 0 Å². The summed E-state index contributed by atoms with van der Waals surface area (Å²) in [4.78, 5) is 21.0. The van der Waals surface area contributed by atoms with Crippen LogP contribution < -0.4 is 5.32 Å². The first-order valence-electron chi connectivity index (χ1n) is 4.42. The number of phenols is 1. The van der Waals surface area contributed by atoms with Gasteiger partial charge < -0.3 is 10.4 Å². The number of nitro benzene ring substituents is 1. The zero-order valence-corrected chi connectivity index (χ0v) is 9.11. The molecule has 16 heavy (non-hydrogen) atoms. The number of halogens is 1. The number of nitrogens with zero attached hydrogens (tertiary/aromatic N) is 1. The summed E-state index contributed by atoms with van der Waals surface area (Å²) in [5.41, 5.74) is -0.361. The standard InChI is InChI=1S/C9H9ClN2O4/c1-2-8(13)11-7-4-5(12(15)16)3-6(10)9(7)14/h3-4,14H,2H2,1H3,(H,11,13). The van der Waals surface area contributed by atoms with Gasteiger partial charge in [0.2, 0.25) is 5.91 Å². The van der Waals surface area contributed by atoms with E-state index >= 15 is 0 Å². The average Bonchev–Trinajstić information content (AvgIpc) is 2.23. The van der Waals surface area contributed by atoms with E-state index in [9.17, 15) is 20.0 Å². The van der Waals surface area contributed by atoms with E-state index in [0.717, 1.165) is 12.1 Å². The van der Waals surface area contributed by atoms with Gasteiger partial charge in [0.05, 0.1) is 15.6 Å². The van der Waals surface area contributed by atoms with E-state index in [4.69, 9.17) is 11.6 Å². The van der Waals surface area contributed by atoms with E-state index < -0.39 is 4.92 Å². The lowest BCUT2D eigenvalue weighted by molar-refractivity contribution is -0.384. The number of nitro groups is 1. The number of hydrogen-bond acceptors (Lipinski definition) is 4. The number of phenolic OH excluding ortho intramolecular Hbond substituents is 1. The largest absolute Gasteiger partial charge is 0.504 e. The van der Waals surface area contributed by atoms with Crippen LogP contribution in [0.4, 0.5) is 11.4 Å². The lowest BCUT2D eigenvalue weighted by Crippen LogP contribution is -2.09. The van der Waals surface area contributed by atoms with Crippen LogP contribution in [0.2, 0.25) is 5.02 Å². The Morgan fingerprint density at radius 3 is 2.75 bits per heavy atom. The molecule has 0 aliphatic carbocycles. The summed E-state index contributed by atoms with van der Waals surface area (Å²) >= 11 is 5.58. The van der Waals surface area contributed by atoms with Crippen molar-refractivity contribution in [2.45, 2.75) is 13.3 Å². The normalized spacial score (nSPS) is 9.88. The molecule has 1 amide bonds. The van der Waals surface area contributed by atoms with Gasteiger partial charge in [-0.2, -0.15) is 0 Å². The predicted octanol–water partition coefficient (Wildman–Crippen LogP) is 2.30. The molecule has 0 atom stereocenters. The number of anilines is 1. The Morgan fingerprint density at radius 1 is 1.62 bits per heavy atom. The molecule has 0 spiro atoms. The highest BCUT2D eigenvalue weighted by atomic mass is 35.5. The molecular weight excluding hydrogens is 236 g/mol. The number of carbonyl (C=O) groups excluding carboxylic acids is 1. The van der Waals surface area contributed by atoms with Gasteiger partial charge in [-0.25, -0.2) is 0 Å². The van der Waals surface area contributed by atoms with Crippen LogP contribution in [0.15, 0.2) is 12.1 Å². The third kappa shape index (κ3) is 2.60. The maximum atomic E-state index is 11.1. The van der Waals surface area contributed by atoms with Crippen LogP contribution in [0.5, 0.6) is 5.75 Å². The summed E-state index contributed by atoms with van der Waals surface area (Å²) < 4.78 is 0. The van der Waals surface area contributed by atoms with Gasteiger partial charge in [-0.15, -0.1) is 0 Å². The number of rotatable bonds is 3. The van der Waals surface area contributed by atoms with Gasteiger partial charge >= 0.3 is 0 Å². The highest BCUT2D eigenvalue weighted by Crippen LogP contribution is 2.35. The van der Waals surface area contributed by atoms with E-state index in [0.29, 0.717) is 0 Å². The molecule has 1 rings (SSSR count). The molecule has 0 unspecified atom stereocenters. The summed E-state index contributed by atoms with van der Waals surface area (Å²) in [7, 11) is 0. The van der Waals surface area contributed by atoms with Crippen molar-refractivity contribution in [2.75, 3.05) is 5.32 Å². The van der Waals surface area contributed by atoms with E-state index in [1.165, 1.54) is 0 Å². The predicted molar refractivity (Wildman–Crippen MR) is 58.7 cm³/mol. The van der Waals surface area contributed by atoms with Crippen LogP contribution in [0.3, 0.4) is 0 Å². The SMILES string of the molecule is CCC(=O)Nc1cc([N+](=O)[O-])cc(Cl)c1O. The minimum atomic E-state index is -0.660. The zero-order valence-electron chi connectivity index (χ0n) is 8.36. The zero-order chi connectivity index (χ0) is 12.3. The molecule has 0 fully saturated rings. The topological polar surface area (TPSA) is 92.5 Å². The number of amides is 1. The Kier molecular flexibility index (Phi) is 3.68. The fourth-order valence-corrected chi connectivity index (χ4v) is 1.24. The Morgan fingerprint density at radius 2 is 2.25 bits per heavy atom. The number of nitrogens with one attached hydrogen (secondary N) is 1. The van der Waals surface area contributed by atoms with E-state index in [1.54, 1.807) is 6.92 Å². The number of carbonyl (C=O) groups is 1. The van der Waals surface area contributed by atoms with Crippen molar-refractivity contribution in [1.29, 1.82) is 0 Å². The molecule has 86 valence electrons. The summed E-state index contributed by atoms with van der Waals surface area (Å²) in [6.07, 6.45) is 0.194. The molecule has 1 aromatic carbocycles. The van der Waals surface area contributed by atoms with E-state index in [2.05, 4.69) is 5.32 Å². The Bertz CT molecular complexity index is 447. The van der Waals surface area contributed by atoms with Gasteiger partial charge in [-0.3, -0.25) is 14.9 Å². The van der Waals surface area contributed by atoms with E-state index in [-0.39, 0.29) is 34.5 Å². The molecule has 0 aromatic heterocycles. The third-order valence-electron chi connectivity index (χ3n) is 1.85. The molecule has 0 bridgehead atoms. The van der Waals surface area contributed by atoms with Crippen molar-refractivity contribution in [1.82, 2.24) is 0 Å². The highest BCUT2D eigenvalue weighted by molar-refractivity contribution is 6.32. The van der Waals surface area contributed by atoms with Gasteiger partial charge in [0, 0.05) is 18.6 Å². The molecule has 0 saturated heterocycles. The Balaban J connectivity index is 3.16. The van der Waals surface area contributed by atoms with Crippen LogP contribution >= 0.6 is 11.6 Å². The van der Waals surface area contributed by atoms with Crippen molar-refractivity contribution in [3.05, 3.63) is 27.3 Å². The van der Waals surface area contributed by atoms with Gasteiger partial charge in [0.25, 0.3) is 5.69 Å². The van der Waals surface area contributed by atoms with Gasteiger partial charge in [-0.1, -0.05) is 18.5 Å². The molecule has 2 N–H and O–H groups in total. The monoisotopic (exact) mass is 244 g/mol. The molecule has 0 aliphatic heterocycles.